The van der Waals surface area contributed by atoms with Crippen LogP contribution in [0.15, 0.2) is 158 Å². The Kier molecular flexibility index (Phi) is 13.0. The molecule has 0 unspecified atom stereocenters. The summed E-state index contributed by atoms with van der Waals surface area (Å²) in [7, 11) is 0. The molecule has 4 nitrogen and oxygen atoms in total. The number of unbranched alkanes of at least 4 members (excludes halogenated alkanes) is 4. The van der Waals surface area contributed by atoms with Gasteiger partial charge in [0.2, 0.25) is 0 Å². The molecule has 4 heteroatoms. The van der Waals surface area contributed by atoms with Crippen LogP contribution in [0.2, 0.25) is 0 Å². The van der Waals surface area contributed by atoms with Gasteiger partial charge in [-0.1, -0.05) is 161 Å². The quantitative estimate of drug-likeness (QED) is 0.0588. The Morgan fingerprint density at radius 2 is 0.823 bits per heavy atom. The lowest BCUT2D eigenvalue weighted by Gasteiger charge is -2.25. The van der Waals surface area contributed by atoms with Gasteiger partial charge in [0.15, 0.2) is 0 Å². The first kappa shape index (κ1) is 41.9. The first-order valence-corrected chi connectivity index (χ1v) is 22.2. The van der Waals surface area contributed by atoms with E-state index in [2.05, 4.69) is 62.4 Å². The van der Waals surface area contributed by atoms with E-state index >= 15 is 0 Å². The van der Waals surface area contributed by atoms with E-state index < -0.39 is 11.9 Å². The predicted molar refractivity (Wildman–Crippen MR) is 256 cm³/mol. The summed E-state index contributed by atoms with van der Waals surface area (Å²) in [5, 5.41) is 3.48. The maximum Gasteiger partial charge on any atom is 0.343 e. The Morgan fingerprint density at radius 3 is 1.19 bits per heavy atom. The van der Waals surface area contributed by atoms with Gasteiger partial charge in [-0.3, -0.25) is 0 Å². The van der Waals surface area contributed by atoms with Gasteiger partial charge in [-0.05, 0) is 131 Å². The molecule has 0 aliphatic carbocycles. The average Bonchev–Trinajstić information content (AvgIpc) is 3.30. The molecule has 0 aliphatic rings. The Morgan fingerprint density at radius 1 is 0.435 bits per heavy atom. The molecule has 0 aliphatic heterocycles. The van der Waals surface area contributed by atoms with Gasteiger partial charge < -0.3 is 9.47 Å². The van der Waals surface area contributed by atoms with Gasteiger partial charge in [-0.25, -0.2) is 9.59 Å². The van der Waals surface area contributed by atoms with Crippen molar-refractivity contribution in [3.8, 4) is 44.9 Å². The number of fused-ring (bicyclic) bond motifs is 2. The standard InChI is InChI=1S/C58H54O4/c1-5-7-11-21-41-29-33-45(34-30-41)57(59)61-55-51-39(3)19-17-27-47(51)37-49(43-23-13-9-14-24-43)53(55)54-50(44-25-15-10-16-26-44)38-48-28-18-20-40(4)52(48)56(54)62-58(60)46-35-31-42(32-36-46)22-12-8-6-2/h9-10,13-20,23-38H,5-8,11-12,21-22H2,1-4H3. The summed E-state index contributed by atoms with van der Waals surface area (Å²) in [5.74, 6) is -0.0977. The molecule has 0 radical (unpaired) electrons. The Hall–Kier alpha value is -6.78. The van der Waals surface area contributed by atoms with Crippen LogP contribution in [0, 0.1) is 13.8 Å². The van der Waals surface area contributed by atoms with Crippen LogP contribution >= 0.6 is 0 Å². The highest BCUT2D eigenvalue weighted by Gasteiger charge is 2.30. The Balaban J connectivity index is 1.41. The van der Waals surface area contributed by atoms with Gasteiger partial charge in [-0.15, -0.1) is 0 Å². The molecule has 0 aromatic heterocycles. The SMILES string of the molecule is CCCCCc1ccc(C(=O)Oc2c(-c3c(-c4ccccc4)cc4cccc(C)c4c3OC(=O)c3ccc(CCCCC)cc3)c(-c3ccccc3)cc3cccc(C)c23)cc1. The second-order valence-corrected chi connectivity index (χ2v) is 16.4. The molecule has 310 valence electrons. The molecule has 0 heterocycles. The molecule has 0 spiro atoms. The summed E-state index contributed by atoms with van der Waals surface area (Å²) in [6.45, 7) is 8.50. The van der Waals surface area contributed by atoms with E-state index in [1.54, 1.807) is 0 Å². The number of rotatable bonds is 15. The number of carbonyl (C=O) groups is 2. The summed E-state index contributed by atoms with van der Waals surface area (Å²) in [6.07, 6.45) is 8.77. The molecule has 8 rings (SSSR count). The highest BCUT2D eigenvalue weighted by atomic mass is 16.5. The molecule has 0 amide bonds. The third-order valence-electron chi connectivity index (χ3n) is 12.0. The maximum absolute atomic E-state index is 14.6. The van der Waals surface area contributed by atoms with Crippen molar-refractivity contribution < 1.29 is 19.1 Å². The van der Waals surface area contributed by atoms with E-state index in [9.17, 15) is 9.59 Å². The zero-order valence-electron chi connectivity index (χ0n) is 36.3. The highest BCUT2D eigenvalue weighted by molar-refractivity contribution is 6.14. The summed E-state index contributed by atoms with van der Waals surface area (Å²) >= 11 is 0. The van der Waals surface area contributed by atoms with Gasteiger partial charge >= 0.3 is 11.9 Å². The van der Waals surface area contributed by atoms with Crippen molar-refractivity contribution in [2.75, 3.05) is 0 Å². The number of aryl methyl sites for hydroxylation is 4. The number of hydrogen-bond donors (Lipinski definition) is 0. The van der Waals surface area contributed by atoms with E-state index in [4.69, 9.17) is 9.47 Å². The molecular formula is C58H54O4. The minimum absolute atomic E-state index is 0.412. The van der Waals surface area contributed by atoms with Crippen LogP contribution in [0.5, 0.6) is 11.5 Å². The first-order valence-electron chi connectivity index (χ1n) is 22.2. The van der Waals surface area contributed by atoms with Crippen LogP contribution in [-0.2, 0) is 12.8 Å². The lowest BCUT2D eigenvalue weighted by atomic mass is 9.83. The summed E-state index contributed by atoms with van der Waals surface area (Å²) in [4.78, 5) is 29.3. The summed E-state index contributed by atoms with van der Waals surface area (Å²) in [6, 6.07) is 52.6. The second-order valence-electron chi connectivity index (χ2n) is 16.4. The Bertz CT molecular complexity index is 2640. The van der Waals surface area contributed by atoms with Gasteiger partial charge in [0.05, 0.1) is 11.1 Å². The number of esters is 2. The molecule has 8 aromatic carbocycles. The molecule has 0 saturated heterocycles. The smallest absolute Gasteiger partial charge is 0.343 e. The third kappa shape index (κ3) is 8.97. The molecule has 0 saturated carbocycles. The molecule has 0 atom stereocenters. The minimum atomic E-state index is -0.461. The van der Waals surface area contributed by atoms with Gasteiger partial charge in [0.1, 0.15) is 11.5 Å². The second kappa shape index (κ2) is 19.3. The van der Waals surface area contributed by atoms with Crippen molar-refractivity contribution in [1.82, 2.24) is 0 Å². The number of carbonyl (C=O) groups excluding carboxylic acids is 2. The normalized spacial score (nSPS) is 11.2. The lowest BCUT2D eigenvalue weighted by Crippen LogP contribution is -2.13. The van der Waals surface area contributed by atoms with E-state index in [0.717, 1.165) is 93.5 Å². The van der Waals surface area contributed by atoms with Crippen LogP contribution in [0.25, 0.3) is 54.9 Å². The van der Waals surface area contributed by atoms with Gasteiger partial charge in [0.25, 0.3) is 0 Å². The molecule has 0 fully saturated rings. The molecular weight excluding hydrogens is 761 g/mol. The monoisotopic (exact) mass is 814 g/mol. The van der Waals surface area contributed by atoms with Crippen LogP contribution in [-0.4, -0.2) is 11.9 Å². The predicted octanol–water partition coefficient (Wildman–Crippen LogP) is 15.5. The van der Waals surface area contributed by atoms with Crippen LogP contribution < -0.4 is 9.47 Å². The molecule has 8 aromatic rings. The van der Waals surface area contributed by atoms with E-state index in [1.807, 2.05) is 123 Å². The summed E-state index contributed by atoms with van der Waals surface area (Å²) < 4.78 is 13.7. The van der Waals surface area contributed by atoms with E-state index in [1.165, 1.54) is 24.0 Å². The third-order valence-corrected chi connectivity index (χ3v) is 12.0. The number of benzene rings is 8. The summed E-state index contributed by atoms with van der Waals surface area (Å²) in [5.41, 5.74) is 10.1. The number of hydrogen-bond acceptors (Lipinski definition) is 4. The van der Waals surface area contributed by atoms with Crippen molar-refractivity contribution in [3.05, 3.63) is 191 Å². The van der Waals surface area contributed by atoms with Crippen molar-refractivity contribution in [2.24, 2.45) is 0 Å². The lowest BCUT2D eigenvalue weighted by molar-refractivity contribution is 0.0725. The zero-order chi connectivity index (χ0) is 43.0. The maximum atomic E-state index is 14.6. The van der Waals surface area contributed by atoms with E-state index in [-0.39, 0.29) is 0 Å². The first-order chi connectivity index (χ1) is 30.3. The zero-order valence-corrected chi connectivity index (χ0v) is 36.3. The fraction of sp³-hybridized carbons (Fsp3) is 0.207. The van der Waals surface area contributed by atoms with Crippen LogP contribution in [0.1, 0.15) is 95.3 Å². The Labute approximate surface area is 366 Å². The minimum Gasteiger partial charge on any atom is -0.422 e. The van der Waals surface area contributed by atoms with Gasteiger partial charge in [-0.2, -0.15) is 0 Å². The van der Waals surface area contributed by atoms with Crippen molar-refractivity contribution >= 4 is 33.5 Å². The topological polar surface area (TPSA) is 52.6 Å². The van der Waals surface area contributed by atoms with E-state index in [0.29, 0.717) is 33.8 Å². The average molecular weight is 815 g/mol. The fourth-order valence-corrected chi connectivity index (χ4v) is 8.66. The van der Waals surface area contributed by atoms with Crippen molar-refractivity contribution in [2.45, 2.75) is 79.1 Å². The van der Waals surface area contributed by atoms with Gasteiger partial charge in [0, 0.05) is 21.9 Å². The largest absolute Gasteiger partial charge is 0.422 e. The molecule has 0 bridgehead atoms. The van der Waals surface area contributed by atoms with Crippen LogP contribution in [0.4, 0.5) is 0 Å². The molecule has 0 N–H and O–H groups in total. The van der Waals surface area contributed by atoms with Crippen LogP contribution in [0.3, 0.4) is 0 Å². The van der Waals surface area contributed by atoms with Crippen molar-refractivity contribution in [3.63, 3.8) is 0 Å². The van der Waals surface area contributed by atoms with Crippen molar-refractivity contribution in [1.29, 1.82) is 0 Å². The molecule has 62 heavy (non-hydrogen) atoms. The fourth-order valence-electron chi connectivity index (χ4n) is 8.66. The number of ether oxygens (including phenoxy) is 2. The highest BCUT2D eigenvalue weighted by Crippen LogP contribution is 2.54.